The van der Waals surface area contributed by atoms with Gasteiger partial charge >= 0.3 is 5.97 Å². The molecular formula is C28H31N3O4S. The molecule has 2 heterocycles. The molecule has 0 saturated carbocycles. The van der Waals surface area contributed by atoms with Crippen molar-refractivity contribution in [2.75, 3.05) is 13.7 Å². The van der Waals surface area contributed by atoms with Crippen molar-refractivity contribution in [3.05, 3.63) is 82.5 Å². The van der Waals surface area contributed by atoms with Crippen LogP contribution in [0, 0.1) is 5.92 Å². The first-order valence-electron chi connectivity index (χ1n) is 12.1. The maximum atomic E-state index is 13.1. The molecule has 0 radical (unpaired) electrons. The molecule has 2 aliphatic rings. The van der Waals surface area contributed by atoms with Gasteiger partial charge in [0.05, 0.1) is 30.8 Å². The standard InChI is InChI=1S/C28H31N3O4S/c1-5-23-25(27(33)34-4)26(19-10-9-13-22(14-19)35-21-11-7-6-8-12-21)31-20(17-36-28(31)30-23)15-24(32)29-16-18(2)3/h6-14,17-18,26H,5,15-16H2,1-4H3,(H,29,32)/t26-/m1/s1. The molecule has 36 heavy (non-hydrogen) atoms. The largest absolute Gasteiger partial charge is 0.466 e. The van der Waals surface area contributed by atoms with E-state index in [4.69, 9.17) is 14.5 Å². The number of esters is 1. The predicted octanol–water partition coefficient (Wildman–Crippen LogP) is 5.78. The van der Waals surface area contributed by atoms with Crippen molar-refractivity contribution >= 4 is 28.8 Å². The second kappa shape index (κ2) is 11.5. The molecule has 0 saturated heterocycles. The SMILES string of the molecule is CCC1=C(C(=O)OC)[C@@H](c2cccc(Oc3ccccc3)c2)N2C(CC(=O)NCC(C)C)=CSC2=N1. The van der Waals surface area contributed by atoms with Crippen molar-refractivity contribution < 1.29 is 19.1 Å². The first kappa shape index (κ1) is 25.6. The average Bonchev–Trinajstić information content (AvgIpc) is 3.28. The van der Waals surface area contributed by atoms with E-state index in [2.05, 4.69) is 19.2 Å². The summed E-state index contributed by atoms with van der Waals surface area (Å²) in [6.45, 7) is 6.69. The van der Waals surface area contributed by atoms with Gasteiger partial charge in [-0.05, 0) is 47.6 Å². The first-order chi connectivity index (χ1) is 17.4. The van der Waals surface area contributed by atoms with Crippen molar-refractivity contribution in [2.24, 2.45) is 10.9 Å². The van der Waals surface area contributed by atoms with E-state index < -0.39 is 12.0 Å². The predicted molar refractivity (Wildman–Crippen MR) is 142 cm³/mol. The highest BCUT2D eigenvalue weighted by atomic mass is 32.2. The number of carbonyl (C=O) groups is 2. The first-order valence-corrected chi connectivity index (χ1v) is 12.9. The molecule has 1 N–H and O–H groups in total. The molecule has 0 aliphatic carbocycles. The Kier molecular flexibility index (Phi) is 8.15. The molecule has 2 aliphatic heterocycles. The van der Waals surface area contributed by atoms with Crippen LogP contribution in [0.1, 0.15) is 45.2 Å². The quantitative estimate of drug-likeness (QED) is 0.435. The summed E-state index contributed by atoms with van der Waals surface area (Å²) in [6, 6.07) is 16.7. The number of fused-ring (bicyclic) bond motifs is 1. The van der Waals surface area contributed by atoms with E-state index in [0.29, 0.717) is 35.9 Å². The number of carbonyl (C=O) groups excluding carboxylic acids is 2. The monoisotopic (exact) mass is 505 g/mol. The Labute approximate surface area is 216 Å². The van der Waals surface area contributed by atoms with Gasteiger partial charge in [0.15, 0.2) is 5.17 Å². The van der Waals surface area contributed by atoms with Gasteiger partial charge in [-0.2, -0.15) is 0 Å². The Hall–Kier alpha value is -3.52. The highest BCUT2D eigenvalue weighted by molar-refractivity contribution is 8.16. The number of hydrogen-bond acceptors (Lipinski definition) is 7. The normalized spacial score (nSPS) is 16.9. The highest BCUT2D eigenvalue weighted by Crippen LogP contribution is 2.46. The molecule has 2 aromatic rings. The third kappa shape index (κ3) is 5.65. The van der Waals surface area contributed by atoms with Gasteiger partial charge in [-0.15, -0.1) is 0 Å². The van der Waals surface area contributed by atoms with Gasteiger partial charge in [-0.3, -0.25) is 4.79 Å². The number of ether oxygens (including phenoxy) is 2. The van der Waals surface area contributed by atoms with Crippen LogP contribution in [-0.2, 0) is 14.3 Å². The maximum Gasteiger partial charge on any atom is 0.338 e. The Morgan fingerprint density at radius 2 is 1.86 bits per heavy atom. The van der Waals surface area contributed by atoms with Gasteiger partial charge in [0.2, 0.25) is 5.91 Å². The second-order valence-electron chi connectivity index (χ2n) is 8.96. The Morgan fingerprint density at radius 3 is 2.56 bits per heavy atom. The summed E-state index contributed by atoms with van der Waals surface area (Å²) in [5.41, 5.74) is 2.78. The number of methoxy groups -OCH3 is 1. The van der Waals surface area contributed by atoms with Gasteiger partial charge in [-0.1, -0.05) is 62.9 Å². The second-order valence-corrected chi connectivity index (χ2v) is 9.80. The molecule has 4 rings (SSSR count). The molecule has 0 bridgehead atoms. The van der Waals surface area contributed by atoms with Gasteiger partial charge in [-0.25, -0.2) is 9.79 Å². The zero-order valence-corrected chi connectivity index (χ0v) is 21.8. The number of amidine groups is 1. The molecule has 0 aromatic heterocycles. The van der Waals surface area contributed by atoms with E-state index >= 15 is 0 Å². The lowest BCUT2D eigenvalue weighted by molar-refractivity contribution is -0.136. The van der Waals surface area contributed by atoms with Crippen molar-refractivity contribution in [3.63, 3.8) is 0 Å². The van der Waals surface area contributed by atoms with Crippen molar-refractivity contribution in [3.8, 4) is 11.5 Å². The topological polar surface area (TPSA) is 80.2 Å². The fourth-order valence-electron chi connectivity index (χ4n) is 4.15. The summed E-state index contributed by atoms with van der Waals surface area (Å²) in [4.78, 5) is 32.6. The maximum absolute atomic E-state index is 13.1. The van der Waals surface area contributed by atoms with E-state index in [0.717, 1.165) is 22.2 Å². The van der Waals surface area contributed by atoms with Gasteiger partial charge in [0.1, 0.15) is 11.5 Å². The number of benzene rings is 2. The number of nitrogens with zero attached hydrogens (tertiary/aromatic N) is 2. The van der Waals surface area contributed by atoms with E-state index in [-0.39, 0.29) is 12.3 Å². The number of allylic oxidation sites excluding steroid dienone is 1. The molecule has 7 nitrogen and oxygen atoms in total. The van der Waals surface area contributed by atoms with E-state index in [1.165, 1.54) is 18.9 Å². The van der Waals surface area contributed by atoms with Gasteiger partial charge in [0, 0.05) is 12.2 Å². The minimum Gasteiger partial charge on any atom is -0.466 e. The molecule has 1 atom stereocenters. The van der Waals surface area contributed by atoms with E-state index in [1.807, 2.05) is 71.8 Å². The third-order valence-electron chi connectivity index (χ3n) is 5.83. The number of hydrogen-bond donors (Lipinski definition) is 1. The molecule has 8 heteroatoms. The molecule has 0 unspecified atom stereocenters. The summed E-state index contributed by atoms with van der Waals surface area (Å²) < 4.78 is 11.3. The number of para-hydroxylation sites is 1. The van der Waals surface area contributed by atoms with Crippen LogP contribution in [0.3, 0.4) is 0 Å². The van der Waals surface area contributed by atoms with Gasteiger partial charge in [0.25, 0.3) is 0 Å². The molecule has 0 spiro atoms. The molecular weight excluding hydrogens is 474 g/mol. The molecule has 1 amide bonds. The van der Waals surface area contributed by atoms with Crippen LogP contribution in [-0.4, -0.2) is 35.6 Å². The van der Waals surface area contributed by atoms with Crippen LogP contribution in [0.5, 0.6) is 11.5 Å². The summed E-state index contributed by atoms with van der Waals surface area (Å²) >= 11 is 1.46. The van der Waals surface area contributed by atoms with Crippen LogP contribution in [0.2, 0.25) is 0 Å². The summed E-state index contributed by atoms with van der Waals surface area (Å²) in [5.74, 6) is 1.22. The van der Waals surface area contributed by atoms with Crippen LogP contribution < -0.4 is 10.1 Å². The lowest BCUT2D eigenvalue weighted by atomic mass is 9.92. The lowest BCUT2D eigenvalue weighted by Crippen LogP contribution is -2.38. The third-order valence-corrected chi connectivity index (χ3v) is 6.72. The van der Waals surface area contributed by atoms with Crippen LogP contribution in [0.4, 0.5) is 0 Å². The Bertz CT molecular complexity index is 1220. The average molecular weight is 506 g/mol. The lowest BCUT2D eigenvalue weighted by Gasteiger charge is -2.36. The van der Waals surface area contributed by atoms with E-state index in [1.54, 1.807) is 0 Å². The fraction of sp³-hybridized carbons (Fsp3) is 0.321. The van der Waals surface area contributed by atoms with Crippen molar-refractivity contribution in [2.45, 2.75) is 39.7 Å². The number of nitrogens with one attached hydrogen (secondary N) is 1. The summed E-state index contributed by atoms with van der Waals surface area (Å²) in [5, 5.41) is 5.67. The van der Waals surface area contributed by atoms with E-state index in [9.17, 15) is 9.59 Å². The minimum absolute atomic E-state index is 0.0680. The zero-order chi connectivity index (χ0) is 25.7. The summed E-state index contributed by atoms with van der Waals surface area (Å²) in [7, 11) is 1.38. The number of amides is 1. The minimum atomic E-state index is -0.502. The zero-order valence-electron chi connectivity index (χ0n) is 21.0. The fourth-order valence-corrected chi connectivity index (χ4v) is 5.08. The Balaban J connectivity index is 1.72. The summed E-state index contributed by atoms with van der Waals surface area (Å²) in [6.07, 6.45) is 0.759. The number of aliphatic imine (C=N–C) groups is 1. The van der Waals surface area contributed by atoms with Crippen molar-refractivity contribution in [1.82, 2.24) is 10.2 Å². The van der Waals surface area contributed by atoms with Gasteiger partial charge < -0.3 is 19.7 Å². The molecule has 0 fully saturated rings. The Morgan fingerprint density at radius 1 is 1.11 bits per heavy atom. The molecule has 2 aromatic carbocycles. The number of rotatable bonds is 9. The van der Waals surface area contributed by atoms with Crippen LogP contribution in [0.25, 0.3) is 0 Å². The molecule has 188 valence electrons. The smallest absolute Gasteiger partial charge is 0.338 e. The highest BCUT2D eigenvalue weighted by Gasteiger charge is 2.41. The van der Waals surface area contributed by atoms with Crippen molar-refractivity contribution in [1.29, 1.82) is 0 Å². The van der Waals surface area contributed by atoms with Crippen LogP contribution >= 0.6 is 11.8 Å². The number of thioether (sulfide) groups is 1. The van der Waals surface area contributed by atoms with Crippen LogP contribution in [0.15, 0.2) is 82.0 Å².